The number of carbonyl (C=O) groups is 1. The normalized spacial score (nSPS) is 15.6. The molecule has 0 bridgehead atoms. The second-order valence-corrected chi connectivity index (χ2v) is 5.54. The fraction of sp³-hybridized carbons (Fsp3) is 0.125. The molecule has 1 aliphatic heterocycles. The van der Waals surface area contributed by atoms with Crippen molar-refractivity contribution < 1.29 is 14.3 Å². The van der Waals surface area contributed by atoms with Crippen LogP contribution >= 0.6 is 11.3 Å². The van der Waals surface area contributed by atoms with Crippen LogP contribution in [-0.4, -0.2) is 26.0 Å². The van der Waals surface area contributed by atoms with Crippen LogP contribution in [0.1, 0.15) is 10.4 Å². The van der Waals surface area contributed by atoms with Gasteiger partial charge in [0.25, 0.3) is 5.91 Å². The Kier molecular flexibility index (Phi) is 3.93. The zero-order valence-electron chi connectivity index (χ0n) is 12.1. The average Bonchev–Trinajstić information content (AvgIpc) is 3.17. The minimum Gasteiger partial charge on any atom is -0.497 e. The van der Waals surface area contributed by atoms with E-state index >= 15 is 0 Å². The molecule has 3 rings (SSSR count). The molecule has 2 aromatic rings. The number of hydrogen-bond donors (Lipinski definition) is 1. The van der Waals surface area contributed by atoms with Crippen molar-refractivity contribution in [3.8, 4) is 11.5 Å². The molecule has 5 nitrogen and oxygen atoms in total. The number of aliphatic imine (C=N–C) groups is 1. The summed E-state index contributed by atoms with van der Waals surface area (Å²) in [6, 6.07) is 9.24. The first-order valence-electron chi connectivity index (χ1n) is 6.58. The van der Waals surface area contributed by atoms with Crippen LogP contribution < -0.4 is 14.8 Å². The summed E-state index contributed by atoms with van der Waals surface area (Å²) < 4.78 is 10.5. The number of nitrogens with zero attached hydrogens (tertiary/aromatic N) is 1. The van der Waals surface area contributed by atoms with Crippen molar-refractivity contribution in [1.29, 1.82) is 0 Å². The molecular weight excluding hydrogens is 300 g/mol. The summed E-state index contributed by atoms with van der Waals surface area (Å²) in [5.74, 6) is 1.55. The summed E-state index contributed by atoms with van der Waals surface area (Å²) in [5, 5.41) is 4.73. The first kappa shape index (κ1) is 14.3. The van der Waals surface area contributed by atoms with Crippen LogP contribution in [0.5, 0.6) is 11.5 Å². The van der Waals surface area contributed by atoms with E-state index in [9.17, 15) is 4.79 Å². The van der Waals surface area contributed by atoms with E-state index < -0.39 is 0 Å². The third-order valence-corrected chi connectivity index (χ3v) is 3.96. The van der Waals surface area contributed by atoms with E-state index in [0.717, 1.165) is 10.4 Å². The number of benzene rings is 1. The van der Waals surface area contributed by atoms with E-state index in [4.69, 9.17) is 9.47 Å². The summed E-state index contributed by atoms with van der Waals surface area (Å²) in [5.41, 5.74) is 1.12. The summed E-state index contributed by atoms with van der Waals surface area (Å²) in [6.45, 7) is 0. The van der Waals surface area contributed by atoms with E-state index in [0.29, 0.717) is 23.0 Å². The Labute approximate surface area is 131 Å². The zero-order valence-corrected chi connectivity index (χ0v) is 12.9. The minimum absolute atomic E-state index is 0.217. The molecule has 112 valence electrons. The van der Waals surface area contributed by atoms with Gasteiger partial charge in [0.1, 0.15) is 23.0 Å². The smallest absolute Gasteiger partial charge is 0.275 e. The Hall–Kier alpha value is -2.60. The predicted octanol–water partition coefficient (Wildman–Crippen LogP) is 2.68. The number of ether oxygens (including phenoxy) is 2. The van der Waals surface area contributed by atoms with Crippen molar-refractivity contribution in [2.45, 2.75) is 0 Å². The maximum atomic E-state index is 12.0. The van der Waals surface area contributed by atoms with Gasteiger partial charge in [-0.15, -0.1) is 11.3 Å². The molecular formula is C16H14N2O3S. The molecule has 1 aromatic carbocycles. The second kappa shape index (κ2) is 6.03. The fourth-order valence-corrected chi connectivity index (χ4v) is 2.71. The van der Waals surface area contributed by atoms with Gasteiger partial charge in [0.05, 0.1) is 14.2 Å². The molecule has 1 aromatic heterocycles. The van der Waals surface area contributed by atoms with Crippen molar-refractivity contribution in [3.05, 3.63) is 51.8 Å². The summed E-state index contributed by atoms with van der Waals surface area (Å²) in [7, 11) is 3.16. The molecule has 0 spiro atoms. The van der Waals surface area contributed by atoms with Crippen LogP contribution in [0.2, 0.25) is 0 Å². The van der Waals surface area contributed by atoms with Gasteiger partial charge in [-0.2, -0.15) is 0 Å². The Morgan fingerprint density at radius 1 is 1.18 bits per heavy atom. The molecule has 0 radical (unpaired) electrons. The van der Waals surface area contributed by atoms with E-state index in [2.05, 4.69) is 10.3 Å². The monoisotopic (exact) mass is 314 g/mol. The molecule has 1 N–H and O–H groups in total. The van der Waals surface area contributed by atoms with Gasteiger partial charge >= 0.3 is 0 Å². The lowest BCUT2D eigenvalue weighted by molar-refractivity contribution is -0.115. The van der Waals surface area contributed by atoms with E-state index in [1.807, 2.05) is 17.5 Å². The van der Waals surface area contributed by atoms with Gasteiger partial charge in [-0.05, 0) is 29.7 Å². The Balaban J connectivity index is 1.97. The first-order chi connectivity index (χ1) is 10.7. The third kappa shape index (κ3) is 2.87. The lowest BCUT2D eigenvalue weighted by atomic mass is 10.2. The molecule has 0 saturated carbocycles. The first-order valence-corrected chi connectivity index (χ1v) is 7.46. The van der Waals surface area contributed by atoms with Crippen LogP contribution in [0.4, 0.5) is 0 Å². The van der Waals surface area contributed by atoms with Crippen LogP contribution in [0.25, 0.3) is 6.08 Å². The van der Waals surface area contributed by atoms with Crippen LogP contribution in [-0.2, 0) is 4.79 Å². The fourth-order valence-electron chi connectivity index (χ4n) is 2.06. The van der Waals surface area contributed by atoms with Gasteiger partial charge in [-0.3, -0.25) is 4.79 Å². The molecule has 0 unspecified atom stereocenters. The third-order valence-electron chi connectivity index (χ3n) is 3.14. The molecule has 0 aliphatic carbocycles. The molecule has 0 saturated heterocycles. The number of methoxy groups -OCH3 is 2. The molecule has 0 atom stereocenters. The van der Waals surface area contributed by atoms with Crippen molar-refractivity contribution in [2.24, 2.45) is 4.99 Å². The predicted molar refractivity (Wildman–Crippen MR) is 86.5 cm³/mol. The molecule has 6 heteroatoms. The van der Waals surface area contributed by atoms with Gasteiger partial charge in [-0.25, -0.2) is 4.99 Å². The number of hydrogen-bond acceptors (Lipinski definition) is 5. The van der Waals surface area contributed by atoms with Gasteiger partial charge in [0.2, 0.25) is 0 Å². The summed E-state index contributed by atoms with van der Waals surface area (Å²) in [6.07, 6.45) is 1.77. The lowest BCUT2D eigenvalue weighted by Gasteiger charge is -2.08. The summed E-state index contributed by atoms with van der Waals surface area (Å²) >= 11 is 1.56. The highest BCUT2D eigenvalue weighted by Gasteiger charge is 2.22. The number of thiophene rings is 1. The SMILES string of the molecule is COc1cc(OC)cc(C2=N/C(=C/c3cccs3)C(=O)N2)c1. The highest BCUT2D eigenvalue weighted by Crippen LogP contribution is 2.25. The maximum Gasteiger partial charge on any atom is 0.275 e. The largest absolute Gasteiger partial charge is 0.497 e. The Morgan fingerprint density at radius 3 is 2.50 bits per heavy atom. The zero-order chi connectivity index (χ0) is 15.5. The molecule has 2 heterocycles. The topological polar surface area (TPSA) is 59.9 Å². The van der Waals surface area contributed by atoms with Crippen molar-refractivity contribution in [1.82, 2.24) is 5.32 Å². The number of carbonyl (C=O) groups excluding carboxylic acids is 1. The average molecular weight is 314 g/mol. The van der Waals surface area contributed by atoms with Gasteiger partial charge < -0.3 is 14.8 Å². The van der Waals surface area contributed by atoms with Crippen LogP contribution in [0.3, 0.4) is 0 Å². The summed E-state index contributed by atoms with van der Waals surface area (Å²) in [4.78, 5) is 17.4. The number of nitrogens with one attached hydrogen (secondary N) is 1. The standard InChI is InChI=1S/C16H14N2O3S/c1-20-11-6-10(7-12(8-11)21-2)15-17-14(16(19)18-15)9-13-4-3-5-22-13/h3-9H,1-2H3,(H,17,18,19)/b14-9+. The molecule has 0 fully saturated rings. The Morgan fingerprint density at radius 2 is 1.91 bits per heavy atom. The Bertz CT molecular complexity index is 741. The lowest BCUT2D eigenvalue weighted by Crippen LogP contribution is -2.24. The van der Waals surface area contributed by atoms with Crippen LogP contribution in [0, 0.1) is 0 Å². The second-order valence-electron chi connectivity index (χ2n) is 4.56. The molecule has 22 heavy (non-hydrogen) atoms. The molecule has 1 aliphatic rings. The molecule has 1 amide bonds. The number of amidine groups is 1. The highest BCUT2D eigenvalue weighted by molar-refractivity contribution is 7.10. The minimum atomic E-state index is -0.217. The number of rotatable bonds is 4. The maximum absolute atomic E-state index is 12.0. The van der Waals surface area contributed by atoms with Crippen LogP contribution in [0.15, 0.2) is 46.4 Å². The van der Waals surface area contributed by atoms with Gasteiger partial charge in [0.15, 0.2) is 0 Å². The van der Waals surface area contributed by atoms with Gasteiger partial charge in [-0.1, -0.05) is 6.07 Å². The van der Waals surface area contributed by atoms with E-state index in [1.54, 1.807) is 49.8 Å². The van der Waals surface area contributed by atoms with Crippen molar-refractivity contribution in [2.75, 3.05) is 14.2 Å². The van der Waals surface area contributed by atoms with E-state index in [1.165, 1.54) is 0 Å². The highest BCUT2D eigenvalue weighted by atomic mass is 32.1. The van der Waals surface area contributed by atoms with E-state index in [-0.39, 0.29) is 5.91 Å². The number of amides is 1. The van der Waals surface area contributed by atoms with Crippen molar-refractivity contribution in [3.63, 3.8) is 0 Å². The quantitative estimate of drug-likeness (QED) is 0.883. The van der Waals surface area contributed by atoms with Gasteiger partial charge in [0, 0.05) is 16.5 Å². The van der Waals surface area contributed by atoms with Crippen molar-refractivity contribution >= 4 is 29.2 Å².